The van der Waals surface area contributed by atoms with E-state index in [1.165, 1.54) is 0 Å². The van der Waals surface area contributed by atoms with E-state index in [0.717, 1.165) is 21.2 Å². The number of para-hydroxylation sites is 1. The van der Waals surface area contributed by atoms with Crippen LogP contribution in [0.2, 0.25) is 0 Å². The fraction of sp³-hybridized carbons (Fsp3) is 0.238. The number of benzene rings is 2. The van der Waals surface area contributed by atoms with Crippen LogP contribution in [-0.4, -0.2) is 15.7 Å². The molecule has 5 heteroatoms. The molecule has 0 saturated carbocycles. The Labute approximate surface area is 158 Å². The summed E-state index contributed by atoms with van der Waals surface area (Å²) in [7, 11) is 0. The maximum Gasteiger partial charge on any atom is 0.312 e. The number of aryl methyl sites for hydroxylation is 1. The first-order valence-electron chi connectivity index (χ1n) is 8.63. The molecule has 2 aromatic carbocycles. The number of carbonyl (C=O) groups is 1. The predicted molar refractivity (Wildman–Crippen MR) is 104 cm³/mol. The number of nitrogens with zero attached hydrogens (tertiary/aromatic N) is 2. The number of ether oxygens (including phenoxy) is 1. The number of rotatable bonds is 6. The molecule has 0 atom stereocenters. The van der Waals surface area contributed by atoms with Gasteiger partial charge < -0.3 is 4.74 Å². The minimum atomic E-state index is -0.244. The van der Waals surface area contributed by atoms with Gasteiger partial charge in [0, 0.05) is 11.3 Å². The maximum absolute atomic E-state index is 12.3. The second-order valence-corrected chi connectivity index (χ2v) is 7.54. The molecule has 0 aliphatic heterocycles. The lowest BCUT2D eigenvalue weighted by atomic mass is 10.1. The quantitative estimate of drug-likeness (QED) is 0.557. The van der Waals surface area contributed by atoms with Crippen molar-refractivity contribution in [1.82, 2.24) is 9.78 Å². The zero-order valence-electron chi connectivity index (χ0n) is 15.2. The Balaban J connectivity index is 2.02. The summed E-state index contributed by atoms with van der Waals surface area (Å²) in [6, 6.07) is 19.7. The lowest BCUT2D eigenvalue weighted by Gasteiger charge is -2.11. The molecule has 0 aliphatic carbocycles. The molecule has 0 aliphatic rings. The first-order chi connectivity index (χ1) is 12.5. The SMILES string of the molecule is Cc1nn(-c2ccccc2)c(OC(=O)CC(C)C)c1Sc1ccccc1. The third kappa shape index (κ3) is 4.35. The van der Waals surface area contributed by atoms with Gasteiger partial charge in [0.1, 0.15) is 0 Å². The molecule has 0 bridgehead atoms. The lowest BCUT2D eigenvalue weighted by molar-refractivity contribution is -0.135. The van der Waals surface area contributed by atoms with Crippen molar-refractivity contribution in [3.63, 3.8) is 0 Å². The summed E-state index contributed by atoms with van der Waals surface area (Å²) in [6.07, 6.45) is 0.370. The molecule has 0 saturated heterocycles. The number of esters is 1. The average molecular weight is 366 g/mol. The van der Waals surface area contributed by atoms with Crippen molar-refractivity contribution in [1.29, 1.82) is 0 Å². The Morgan fingerprint density at radius 1 is 1.08 bits per heavy atom. The van der Waals surface area contributed by atoms with Gasteiger partial charge in [0.05, 0.1) is 16.3 Å². The molecule has 0 fully saturated rings. The van der Waals surface area contributed by atoms with Gasteiger partial charge in [-0.3, -0.25) is 4.79 Å². The molecule has 0 N–H and O–H groups in total. The van der Waals surface area contributed by atoms with E-state index in [4.69, 9.17) is 4.74 Å². The van der Waals surface area contributed by atoms with Gasteiger partial charge in [-0.1, -0.05) is 62.0 Å². The van der Waals surface area contributed by atoms with E-state index in [-0.39, 0.29) is 11.9 Å². The molecule has 134 valence electrons. The van der Waals surface area contributed by atoms with Gasteiger partial charge in [-0.15, -0.1) is 0 Å². The molecule has 0 amide bonds. The van der Waals surface area contributed by atoms with Crippen molar-refractivity contribution >= 4 is 17.7 Å². The largest absolute Gasteiger partial charge is 0.406 e. The summed E-state index contributed by atoms with van der Waals surface area (Å²) < 4.78 is 7.48. The van der Waals surface area contributed by atoms with Crippen LogP contribution in [0.15, 0.2) is 70.5 Å². The zero-order valence-corrected chi connectivity index (χ0v) is 16.0. The highest BCUT2D eigenvalue weighted by atomic mass is 32.2. The van der Waals surface area contributed by atoms with Gasteiger partial charge in [0.15, 0.2) is 0 Å². The smallest absolute Gasteiger partial charge is 0.312 e. The highest BCUT2D eigenvalue weighted by Crippen LogP contribution is 2.39. The topological polar surface area (TPSA) is 44.1 Å². The Morgan fingerprint density at radius 3 is 2.31 bits per heavy atom. The van der Waals surface area contributed by atoms with Gasteiger partial charge in [0.2, 0.25) is 5.88 Å². The summed E-state index contributed by atoms with van der Waals surface area (Å²) in [5.41, 5.74) is 1.69. The molecule has 1 aromatic heterocycles. The number of carbonyl (C=O) groups excluding carboxylic acids is 1. The highest BCUT2D eigenvalue weighted by molar-refractivity contribution is 7.99. The van der Waals surface area contributed by atoms with E-state index in [1.807, 2.05) is 81.4 Å². The monoisotopic (exact) mass is 366 g/mol. The van der Waals surface area contributed by atoms with Crippen LogP contribution in [0.4, 0.5) is 0 Å². The van der Waals surface area contributed by atoms with E-state index in [0.29, 0.717) is 12.3 Å². The van der Waals surface area contributed by atoms with Crippen LogP contribution in [-0.2, 0) is 4.79 Å². The van der Waals surface area contributed by atoms with Crippen LogP contribution in [0.5, 0.6) is 5.88 Å². The molecular weight excluding hydrogens is 344 g/mol. The summed E-state index contributed by atoms with van der Waals surface area (Å²) in [6.45, 7) is 5.94. The number of aromatic nitrogens is 2. The standard InChI is InChI=1S/C21H22N2O2S/c1-15(2)14-19(24)25-21-20(26-18-12-8-5-9-13-18)16(3)22-23(21)17-10-6-4-7-11-17/h4-13,15H,14H2,1-3H3. The van der Waals surface area contributed by atoms with Crippen LogP contribution < -0.4 is 4.74 Å². The molecule has 1 heterocycles. The van der Waals surface area contributed by atoms with Crippen molar-refractivity contribution < 1.29 is 9.53 Å². The van der Waals surface area contributed by atoms with E-state index in [2.05, 4.69) is 5.10 Å². The Hall–Kier alpha value is -2.53. The summed E-state index contributed by atoms with van der Waals surface area (Å²) >= 11 is 1.56. The van der Waals surface area contributed by atoms with Crippen LogP contribution in [0.1, 0.15) is 26.0 Å². The fourth-order valence-electron chi connectivity index (χ4n) is 2.53. The van der Waals surface area contributed by atoms with E-state index in [1.54, 1.807) is 16.4 Å². The minimum Gasteiger partial charge on any atom is -0.406 e. The van der Waals surface area contributed by atoms with E-state index >= 15 is 0 Å². The van der Waals surface area contributed by atoms with Crippen LogP contribution in [0, 0.1) is 12.8 Å². The number of hydrogen-bond acceptors (Lipinski definition) is 4. The first-order valence-corrected chi connectivity index (χ1v) is 9.45. The van der Waals surface area contributed by atoms with Gasteiger partial charge in [-0.05, 0) is 37.1 Å². The van der Waals surface area contributed by atoms with Crippen molar-refractivity contribution in [3.8, 4) is 11.6 Å². The molecular formula is C21H22N2O2S. The summed E-state index contributed by atoms with van der Waals surface area (Å²) in [5, 5.41) is 4.63. The molecule has 0 unspecified atom stereocenters. The first kappa shape index (κ1) is 18.3. The molecule has 4 nitrogen and oxygen atoms in total. The number of hydrogen-bond donors (Lipinski definition) is 0. The third-order valence-electron chi connectivity index (χ3n) is 3.71. The summed E-state index contributed by atoms with van der Waals surface area (Å²) in [4.78, 5) is 14.3. The van der Waals surface area contributed by atoms with Crippen molar-refractivity contribution in [2.24, 2.45) is 5.92 Å². The van der Waals surface area contributed by atoms with Crippen LogP contribution >= 0.6 is 11.8 Å². The van der Waals surface area contributed by atoms with Crippen LogP contribution in [0.3, 0.4) is 0 Å². The molecule has 0 radical (unpaired) electrons. The fourth-order valence-corrected chi connectivity index (χ4v) is 3.47. The van der Waals surface area contributed by atoms with Crippen molar-refractivity contribution in [2.75, 3.05) is 0 Å². The summed E-state index contributed by atoms with van der Waals surface area (Å²) in [5.74, 6) is 0.474. The highest BCUT2D eigenvalue weighted by Gasteiger charge is 2.22. The van der Waals surface area contributed by atoms with Gasteiger partial charge in [-0.25, -0.2) is 0 Å². The van der Waals surface area contributed by atoms with Gasteiger partial charge in [0.25, 0.3) is 0 Å². The molecule has 3 aromatic rings. The molecule has 0 spiro atoms. The third-order valence-corrected chi connectivity index (χ3v) is 4.90. The Morgan fingerprint density at radius 2 is 1.69 bits per heavy atom. The normalized spacial score (nSPS) is 10.9. The Kier molecular flexibility index (Phi) is 5.78. The minimum absolute atomic E-state index is 0.238. The maximum atomic E-state index is 12.3. The second-order valence-electron chi connectivity index (χ2n) is 6.45. The van der Waals surface area contributed by atoms with Crippen molar-refractivity contribution in [3.05, 3.63) is 66.4 Å². The Bertz CT molecular complexity index is 874. The zero-order chi connectivity index (χ0) is 18.5. The van der Waals surface area contributed by atoms with E-state index < -0.39 is 0 Å². The second kappa shape index (κ2) is 8.23. The van der Waals surface area contributed by atoms with Gasteiger partial charge >= 0.3 is 5.97 Å². The molecule has 3 rings (SSSR count). The van der Waals surface area contributed by atoms with E-state index in [9.17, 15) is 4.79 Å². The van der Waals surface area contributed by atoms with Crippen LogP contribution in [0.25, 0.3) is 5.69 Å². The predicted octanol–water partition coefficient (Wildman–Crippen LogP) is 5.28. The van der Waals surface area contributed by atoms with Gasteiger partial charge in [-0.2, -0.15) is 9.78 Å². The molecule has 26 heavy (non-hydrogen) atoms. The van der Waals surface area contributed by atoms with Crippen molar-refractivity contribution in [2.45, 2.75) is 37.0 Å². The average Bonchev–Trinajstić information content (AvgIpc) is 2.92. The lowest BCUT2D eigenvalue weighted by Crippen LogP contribution is -2.14.